The molecule has 0 N–H and O–H groups in total. The topological polar surface area (TPSA) is 90.0 Å². The maximum Gasteiger partial charge on any atom is 0.228 e. The Hall–Kier alpha value is -0.220. The molecular formula is C9H17NO6S2. The van der Waals surface area contributed by atoms with Gasteiger partial charge in [0, 0.05) is 19.2 Å². The Morgan fingerprint density at radius 2 is 1.78 bits per heavy atom. The van der Waals surface area contributed by atoms with Crippen LogP contribution in [-0.4, -0.2) is 64.6 Å². The van der Waals surface area contributed by atoms with Gasteiger partial charge in [0.05, 0.1) is 19.8 Å². The molecule has 18 heavy (non-hydrogen) atoms. The highest BCUT2D eigenvalue weighted by atomic mass is 32.3. The number of hydrogen-bond acceptors (Lipinski definition) is 6. The molecule has 2 fully saturated rings. The summed E-state index contributed by atoms with van der Waals surface area (Å²) in [5.41, 5.74) is 0. The van der Waals surface area contributed by atoms with Crippen LogP contribution in [0.2, 0.25) is 0 Å². The van der Waals surface area contributed by atoms with Crippen molar-refractivity contribution in [3.8, 4) is 0 Å². The third-order valence-corrected chi connectivity index (χ3v) is 6.95. The van der Waals surface area contributed by atoms with Gasteiger partial charge in [-0.05, 0) is 6.42 Å². The van der Waals surface area contributed by atoms with Crippen LogP contribution in [0.1, 0.15) is 12.8 Å². The standard InChI is InChI=1S/C9H17NO6S2/c1-17(11,12)8-18(13,14)10-4-2-3-9(7-10)15-5-6-16-9/h2-8H2,1H3. The first-order valence-electron chi connectivity index (χ1n) is 5.66. The van der Waals surface area contributed by atoms with E-state index in [-0.39, 0.29) is 6.54 Å². The lowest BCUT2D eigenvalue weighted by atomic mass is 10.1. The molecule has 7 nitrogen and oxygen atoms in total. The first-order valence-corrected chi connectivity index (χ1v) is 9.33. The lowest BCUT2D eigenvalue weighted by molar-refractivity contribution is -0.179. The summed E-state index contributed by atoms with van der Waals surface area (Å²) in [5.74, 6) is -0.872. The van der Waals surface area contributed by atoms with Crippen LogP contribution >= 0.6 is 0 Å². The van der Waals surface area contributed by atoms with Crippen LogP contribution in [0.25, 0.3) is 0 Å². The van der Waals surface area contributed by atoms with Crippen molar-refractivity contribution in [1.82, 2.24) is 4.31 Å². The molecule has 2 aliphatic heterocycles. The molecule has 0 amide bonds. The SMILES string of the molecule is CS(=O)(=O)CS(=O)(=O)N1CCCC2(C1)OCCO2. The summed E-state index contributed by atoms with van der Waals surface area (Å²) in [6.07, 6.45) is 2.15. The predicted octanol–water partition coefficient (Wildman–Crippen LogP) is -0.843. The highest BCUT2D eigenvalue weighted by Gasteiger charge is 2.44. The van der Waals surface area contributed by atoms with Crippen molar-refractivity contribution in [3.63, 3.8) is 0 Å². The largest absolute Gasteiger partial charge is 0.346 e. The molecule has 0 atom stereocenters. The fourth-order valence-electron chi connectivity index (χ4n) is 2.27. The van der Waals surface area contributed by atoms with E-state index in [4.69, 9.17) is 9.47 Å². The highest BCUT2D eigenvalue weighted by Crippen LogP contribution is 2.31. The Labute approximate surface area is 107 Å². The smallest absolute Gasteiger partial charge is 0.228 e. The summed E-state index contributed by atoms with van der Waals surface area (Å²) in [7, 11) is -7.40. The summed E-state index contributed by atoms with van der Waals surface area (Å²) >= 11 is 0. The lowest BCUT2D eigenvalue weighted by Crippen LogP contribution is -2.51. The first kappa shape index (κ1) is 14.2. The number of nitrogens with zero attached hydrogens (tertiary/aromatic N) is 1. The van der Waals surface area contributed by atoms with Crippen molar-refractivity contribution in [2.24, 2.45) is 0 Å². The molecule has 2 rings (SSSR count). The second kappa shape index (κ2) is 4.71. The number of piperidine rings is 1. The van der Waals surface area contributed by atoms with E-state index < -0.39 is 30.7 Å². The van der Waals surface area contributed by atoms with Crippen molar-refractivity contribution in [2.75, 3.05) is 37.6 Å². The Bertz CT molecular complexity index is 505. The van der Waals surface area contributed by atoms with Gasteiger partial charge in [-0.25, -0.2) is 16.8 Å². The number of hydrogen-bond donors (Lipinski definition) is 0. The zero-order chi connectivity index (χ0) is 13.4. The summed E-state index contributed by atoms with van der Waals surface area (Å²) in [6.45, 7) is 1.27. The third-order valence-electron chi connectivity index (χ3n) is 2.95. The molecule has 2 aliphatic rings. The molecule has 2 saturated heterocycles. The second-order valence-corrected chi connectivity index (χ2v) is 9.17. The average molecular weight is 299 g/mol. The van der Waals surface area contributed by atoms with Gasteiger partial charge >= 0.3 is 0 Å². The van der Waals surface area contributed by atoms with Crippen LogP contribution in [0, 0.1) is 0 Å². The summed E-state index contributed by atoms with van der Waals surface area (Å²) in [5, 5.41) is -0.865. The Kier molecular flexibility index (Phi) is 3.72. The zero-order valence-electron chi connectivity index (χ0n) is 10.2. The van der Waals surface area contributed by atoms with E-state index in [0.29, 0.717) is 32.6 Å². The number of ether oxygens (including phenoxy) is 2. The maximum absolute atomic E-state index is 12.0. The minimum atomic E-state index is -3.82. The molecule has 0 aromatic heterocycles. The minimum Gasteiger partial charge on any atom is -0.346 e. The third kappa shape index (κ3) is 3.21. The minimum absolute atomic E-state index is 0.0743. The average Bonchev–Trinajstić information content (AvgIpc) is 2.63. The predicted molar refractivity (Wildman–Crippen MR) is 64.1 cm³/mol. The van der Waals surface area contributed by atoms with E-state index in [1.54, 1.807) is 0 Å². The van der Waals surface area contributed by atoms with Crippen molar-refractivity contribution in [2.45, 2.75) is 18.6 Å². The molecule has 0 aromatic carbocycles. The fraction of sp³-hybridized carbons (Fsp3) is 1.00. The van der Waals surface area contributed by atoms with Gasteiger partial charge in [0.15, 0.2) is 20.7 Å². The molecule has 9 heteroatoms. The molecule has 2 heterocycles. The van der Waals surface area contributed by atoms with Crippen molar-refractivity contribution in [3.05, 3.63) is 0 Å². The monoisotopic (exact) mass is 299 g/mol. The quantitative estimate of drug-likeness (QED) is 0.675. The highest BCUT2D eigenvalue weighted by molar-refractivity contribution is 8.06. The van der Waals surface area contributed by atoms with E-state index in [1.165, 1.54) is 0 Å². The summed E-state index contributed by atoms with van der Waals surface area (Å²) < 4.78 is 58.3. The van der Waals surface area contributed by atoms with Gasteiger partial charge in [-0.1, -0.05) is 0 Å². The molecule has 1 spiro atoms. The molecule has 106 valence electrons. The van der Waals surface area contributed by atoms with Crippen LogP contribution < -0.4 is 0 Å². The lowest BCUT2D eigenvalue weighted by Gasteiger charge is -2.37. The Morgan fingerprint density at radius 3 is 2.33 bits per heavy atom. The van der Waals surface area contributed by atoms with E-state index in [9.17, 15) is 16.8 Å². The number of sulfonamides is 1. The van der Waals surface area contributed by atoms with Gasteiger partial charge in [-0.3, -0.25) is 0 Å². The van der Waals surface area contributed by atoms with Crippen molar-refractivity contribution < 1.29 is 26.3 Å². The van der Waals surface area contributed by atoms with Gasteiger partial charge < -0.3 is 9.47 Å². The fourth-order valence-corrected chi connectivity index (χ4v) is 5.83. The van der Waals surface area contributed by atoms with Gasteiger partial charge in [-0.2, -0.15) is 4.31 Å². The van der Waals surface area contributed by atoms with Crippen LogP contribution in [0.5, 0.6) is 0 Å². The molecular weight excluding hydrogens is 282 g/mol. The Morgan fingerprint density at radius 1 is 1.17 bits per heavy atom. The van der Waals surface area contributed by atoms with Crippen LogP contribution in [0.3, 0.4) is 0 Å². The Balaban J connectivity index is 2.13. The molecule has 0 aliphatic carbocycles. The second-order valence-electron chi connectivity index (χ2n) is 4.70. The zero-order valence-corrected chi connectivity index (χ0v) is 11.8. The maximum atomic E-state index is 12.0. The molecule has 0 bridgehead atoms. The molecule has 0 radical (unpaired) electrons. The van der Waals surface area contributed by atoms with Gasteiger partial charge in [-0.15, -0.1) is 0 Å². The van der Waals surface area contributed by atoms with Crippen molar-refractivity contribution in [1.29, 1.82) is 0 Å². The van der Waals surface area contributed by atoms with E-state index in [0.717, 1.165) is 10.6 Å². The van der Waals surface area contributed by atoms with Crippen LogP contribution in [-0.2, 0) is 29.3 Å². The molecule has 0 unspecified atom stereocenters. The van der Waals surface area contributed by atoms with Crippen molar-refractivity contribution >= 4 is 19.9 Å². The number of rotatable bonds is 3. The normalized spacial score (nSPS) is 25.6. The first-order chi connectivity index (χ1) is 8.23. The summed E-state index contributed by atoms with van der Waals surface area (Å²) in [6, 6.07) is 0. The van der Waals surface area contributed by atoms with E-state index in [2.05, 4.69) is 0 Å². The van der Waals surface area contributed by atoms with Gasteiger partial charge in [0.1, 0.15) is 0 Å². The van der Waals surface area contributed by atoms with Crippen LogP contribution in [0.4, 0.5) is 0 Å². The van der Waals surface area contributed by atoms with E-state index >= 15 is 0 Å². The van der Waals surface area contributed by atoms with Gasteiger partial charge in [0.2, 0.25) is 10.0 Å². The molecule has 0 aromatic rings. The number of sulfone groups is 1. The molecule has 0 saturated carbocycles. The van der Waals surface area contributed by atoms with Crippen LogP contribution in [0.15, 0.2) is 0 Å². The summed E-state index contributed by atoms with van der Waals surface area (Å²) in [4.78, 5) is 0. The van der Waals surface area contributed by atoms with Gasteiger partial charge in [0.25, 0.3) is 0 Å². The van der Waals surface area contributed by atoms with E-state index in [1.807, 2.05) is 0 Å².